The molecule has 0 saturated heterocycles. The van der Waals surface area contributed by atoms with Gasteiger partial charge in [-0.25, -0.2) is 0 Å². The second-order valence-corrected chi connectivity index (χ2v) is 4.13. The van der Waals surface area contributed by atoms with Crippen molar-refractivity contribution in [1.82, 2.24) is 0 Å². The first-order valence-electron chi connectivity index (χ1n) is 5.67. The van der Waals surface area contributed by atoms with Gasteiger partial charge in [-0.2, -0.15) is 0 Å². The molecule has 0 rings (SSSR count). The van der Waals surface area contributed by atoms with Gasteiger partial charge in [-0.15, -0.1) is 0 Å². The fourth-order valence-electron chi connectivity index (χ4n) is 1.50. The Kier molecular flexibility index (Phi) is 7.77. The molecule has 0 aliphatic heterocycles. The minimum Gasteiger partial charge on any atom is -0.379 e. The first-order valence-corrected chi connectivity index (χ1v) is 5.67. The number of hydrogen-bond acceptors (Lipinski definition) is 2. The summed E-state index contributed by atoms with van der Waals surface area (Å²) in [7, 11) is 1.79. The molecular weight excluding hydrogens is 176 g/mol. The van der Waals surface area contributed by atoms with Gasteiger partial charge in [-0.05, 0) is 26.2 Å². The number of unbranched alkanes of at least 4 members (excludes halogenated alkanes) is 4. The Labute approximate surface area is 88.0 Å². The summed E-state index contributed by atoms with van der Waals surface area (Å²) in [5.41, 5.74) is 0.0602. The highest BCUT2D eigenvalue weighted by Crippen LogP contribution is 2.22. The van der Waals surface area contributed by atoms with E-state index in [1.807, 2.05) is 0 Å². The van der Waals surface area contributed by atoms with Crippen LogP contribution in [-0.4, -0.2) is 19.0 Å². The average Bonchev–Trinajstić information content (AvgIpc) is 2.23. The van der Waals surface area contributed by atoms with E-state index >= 15 is 0 Å². The summed E-state index contributed by atoms with van der Waals surface area (Å²) in [4.78, 5) is 10.1. The molecule has 2 heteroatoms. The molecule has 14 heavy (non-hydrogen) atoms. The lowest BCUT2D eigenvalue weighted by Crippen LogP contribution is -2.25. The Balaban J connectivity index is 3.38. The van der Waals surface area contributed by atoms with Crippen LogP contribution in [-0.2, 0) is 9.53 Å². The zero-order chi connectivity index (χ0) is 10.9. The van der Waals surface area contributed by atoms with Crippen LogP contribution in [0, 0.1) is 0 Å². The van der Waals surface area contributed by atoms with Crippen molar-refractivity contribution in [2.75, 3.05) is 7.11 Å². The zero-order valence-electron chi connectivity index (χ0n) is 9.84. The summed E-state index contributed by atoms with van der Waals surface area (Å²) >= 11 is 0. The van der Waals surface area contributed by atoms with Crippen molar-refractivity contribution in [2.45, 2.75) is 64.4 Å². The lowest BCUT2D eigenvalue weighted by molar-refractivity contribution is -0.107. The summed E-state index contributed by atoms with van der Waals surface area (Å²) < 4.78 is 5.46. The highest BCUT2D eigenvalue weighted by atomic mass is 16.5. The predicted octanol–water partition coefficient (Wildman–Crippen LogP) is 3.34. The molecule has 84 valence electrons. The van der Waals surface area contributed by atoms with Crippen LogP contribution in [0.5, 0.6) is 0 Å². The number of ether oxygens (including phenoxy) is 1. The van der Waals surface area contributed by atoms with E-state index in [0.29, 0.717) is 0 Å². The molecule has 1 unspecified atom stereocenters. The minimum atomic E-state index is 0.0602. The Bertz CT molecular complexity index is 139. The van der Waals surface area contributed by atoms with E-state index in [1.54, 1.807) is 7.11 Å². The van der Waals surface area contributed by atoms with Gasteiger partial charge in [0.25, 0.3) is 0 Å². The average molecular weight is 200 g/mol. The maximum atomic E-state index is 10.1. The maximum Gasteiger partial charge on any atom is 0.119 e. The monoisotopic (exact) mass is 200 g/mol. The van der Waals surface area contributed by atoms with Gasteiger partial charge in [0, 0.05) is 13.5 Å². The third-order valence-corrected chi connectivity index (χ3v) is 3.02. The molecule has 1 atom stereocenters. The highest BCUT2D eigenvalue weighted by molar-refractivity contribution is 5.48. The van der Waals surface area contributed by atoms with Crippen molar-refractivity contribution in [3.8, 4) is 0 Å². The van der Waals surface area contributed by atoms with E-state index in [2.05, 4.69) is 13.8 Å². The van der Waals surface area contributed by atoms with E-state index in [1.165, 1.54) is 19.3 Å². The lowest BCUT2D eigenvalue weighted by Gasteiger charge is -2.26. The lowest BCUT2D eigenvalue weighted by atomic mass is 9.95. The third kappa shape index (κ3) is 6.14. The van der Waals surface area contributed by atoms with Crippen LogP contribution < -0.4 is 0 Å². The van der Waals surface area contributed by atoms with Crippen LogP contribution in [0.15, 0.2) is 0 Å². The molecule has 0 aliphatic carbocycles. The number of hydrogen-bond donors (Lipinski definition) is 0. The fourth-order valence-corrected chi connectivity index (χ4v) is 1.50. The molecule has 0 heterocycles. The molecule has 0 spiro atoms. The zero-order valence-corrected chi connectivity index (χ0v) is 9.84. The van der Waals surface area contributed by atoms with Crippen LogP contribution in [0.3, 0.4) is 0 Å². The molecule has 0 aromatic heterocycles. The Hall–Kier alpha value is -0.370. The number of rotatable bonds is 9. The van der Waals surface area contributed by atoms with E-state index in [4.69, 9.17) is 4.74 Å². The molecule has 0 N–H and O–H groups in total. The van der Waals surface area contributed by atoms with Gasteiger partial charge in [0.05, 0.1) is 5.60 Å². The first kappa shape index (κ1) is 13.6. The van der Waals surface area contributed by atoms with Gasteiger partial charge < -0.3 is 9.53 Å². The number of methoxy groups -OCH3 is 1. The molecule has 0 saturated carbocycles. The molecule has 2 nitrogen and oxygen atoms in total. The molecule has 0 fully saturated rings. The molecule has 0 aromatic rings. The highest BCUT2D eigenvalue weighted by Gasteiger charge is 2.19. The van der Waals surface area contributed by atoms with E-state index in [0.717, 1.165) is 32.0 Å². The first-order chi connectivity index (χ1) is 6.68. The molecule has 0 radical (unpaired) electrons. The summed E-state index contributed by atoms with van der Waals surface area (Å²) in [6, 6.07) is 0. The molecular formula is C12H24O2. The maximum absolute atomic E-state index is 10.1. The smallest absolute Gasteiger partial charge is 0.119 e. The van der Waals surface area contributed by atoms with Crippen LogP contribution in [0.2, 0.25) is 0 Å². The van der Waals surface area contributed by atoms with Gasteiger partial charge in [-0.1, -0.05) is 26.2 Å². The topological polar surface area (TPSA) is 26.3 Å². The normalized spacial score (nSPS) is 15.1. The number of carbonyl (C=O) groups excluding carboxylic acids is 1. The van der Waals surface area contributed by atoms with Crippen LogP contribution >= 0.6 is 0 Å². The Morgan fingerprint density at radius 3 is 2.36 bits per heavy atom. The molecule has 0 aliphatic rings. The van der Waals surface area contributed by atoms with Gasteiger partial charge >= 0.3 is 0 Å². The fraction of sp³-hybridized carbons (Fsp3) is 0.917. The summed E-state index contributed by atoms with van der Waals surface area (Å²) in [5.74, 6) is 0. The Morgan fingerprint density at radius 2 is 1.86 bits per heavy atom. The largest absolute Gasteiger partial charge is 0.379 e. The van der Waals surface area contributed by atoms with Crippen LogP contribution in [0.1, 0.15) is 58.8 Å². The molecule has 0 bridgehead atoms. The second-order valence-electron chi connectivity index (χ2n) is 4.13. The van der Waals surface area contributed by atoms with Crippen LogP contribution in [0.4, 0.5) is 0 Å². The third-order valence-electron chi connectivity index (χ3n) is 3.02. The van der Waals surface area contributed by atoms with E-state index in [9.17, 15) is 4.79 Å². The van der Waals surface area contributed by atoms with Crippen molar-refractivity contribution >= 4 is 6.29 Å². The van der Waals surface area contributed by atoms with Gasteiger partial charge in [0.1, 0.15) is 6.29 Å². The van der Waals surface area contributed by atoms with Crippen molar-refractivity contribution < 1.29 is 9.53 Å². The van der Waals surface area contributed by atoms with Gasteiger partial charge in [0.15, 0.2) is 0 Å². The van der Waals surface area contributed by atoms with E-state index in [-0.39, 0.29) is 5.60 Å². The van der Waals surface area contributed by atoms with Crippen LogP contribution in [0.25, 0.3) is 0 Å². The van der Waals surface area contributed by atoms with Crippen molar-refractivity contribution in [1.29, 1.82) is 0 Å². The number of carbonyl (C=O) groups is 1. The predicted molar refractivity (Wildman–Crippen MR) is 59.5 cm³/mol. The second kappa shape index (κ2) is 7.98. The summed E-state index contributed by atoms with van der Waals surface area (Å²) in [6.07, 6.45) is 8.55. The Morgan fingerprint density at radius 1 is 1.21 bits per heavy atom. The quantitative estimate of drug-likeness (QED) is 0.421. The standard InChI is InChI=1S/C12H24O2/c1-4-12(2,14-3)10-8-6-5-7-9-11-13/h11H,4-10H2,1-3H3. The van der Waals surface area contributed by atoms with E-state index < -0.39 is 0 Å². The summed E-state index contributed by atoms with van der Waals surface area (Å²) in [6.45, 7) is 4.33. The molecule has 0 aromatic carbocycles. The SMILES string of the molecule is CCC(C)(CCCCCCC=O)OC. The van der Waals surface area contributed by atoms with Gasteiger partial charge in [-0.3, -0.25) is 0 Å². The van der Waals surface area contributed by atoms with Crippen molar-refractivity contribution in [2.24, 2.45) is 0 Å². The minimum absolute atomic E-state index is 0.0602. The summed E-state index contributed by atoms with van der Waals surface area (Å²) in [5, 5.41) is 0. The molecule has 0 amide bonds. The van der Waals surface area contributed by atoms with Gasteiger partial charge in [0.2, 0.25) is 0 Å². The number of aldehydes is 1. The van der Waals surface area contributed by atoms with Crippen molar-refractivity contribution in [3.63, 3.8) is 0 Å². The van der Waals surface area contributed by atoms with Crippen molar-refractivity contribution in [3.05, 3.63) is 0 Å².